The minimum Gasteiger partial charge on any atom is -0.476 e. The SMILES string of the molecule is CCC1CN(C(=O)c2cnc(C(=O)O)cn2)CCC1c1ccccc1. The number of aromatic nitrogens is 2. The van der Waals surface area contributed by atoms with Crippen LogP contribution in [-0.4, -0.2) is 44.9 Å². The lowest BCUT2D eigenvalue weighted by atomic mass is 9.79. The second-order valence-electron chi connectivity index (χ2n) is 6.32. The van der Waals surface area contributed by atoms with E-state index in [9.17, 15) is 9.59 Å². The van der Waals surface area contributed by atoms with Gasteiger partial charge in [0.25, 0.3) is 5.91 Å². The topological polar surface area (TPSA) is 83.4 Å². The van der Waals surface area contributed by atoms with E-state index in [1.54, 1.807) is 4.90 Å². The van der Waals surface area contributed by atoms with Crippen molar-refractivity contribution in [2.24, 2.45) is 5.92 Å². The number of aromatic carboxylic acids is 1. The predicted molar refractivity (Wildman–Crippen MR) is 92.5 cm³/mol. The first kappa shape index (κ1) is 17.1. The van der Waals surface area contributed by atoms with Crippen molar-refractivity contribution in [1.82, 2.24) is 14.9 Å². The molecule has 1 fully saturated rings. The molecule has 2 heterocycles. The quantitative estimate of drug-likeness (QED) is 0.926. The van der Waals surface area contributed by atoms with E-state index in [-0.39, 0.29) is 17.3 Å². The number of piperidine rings is 1. The Balaban J connectivity index is 1.72. The van der Waals surface area contributed by atoms with Crippen molar-refractivity contribution < 1.29 is 14.7 Å². The maximum atomic E-state index is 12.7. The van der Waals surface area contributed by atoms with Crippen molar-refractivity contribution >= 4 is 11.9 Å². The third-order valence-corrected chi connectivity index (χ3v) is 4.86. The van der Waals surface area contributed by atoms with E-state index in [4.69, 9.17) is 5.11 Å². The highest BCUT2D eigenvalue weighted by Gasteiger charge is 2.32. The van der Waals surface area contributed by atoms with Gasteiger partial charge in [-0.2, -0.15) is 0 Å². The number of benzene rings is 1. The van der Waals surface area contributed by atoms with Crippen molar-refractivity contribution in [2.45, 2.75) is 25.7 Å². The number of carboxylic acids is 1. The number of likely N-dealkylation sites (tertiary alicyclic amines) is 1. The van der Waals surface area contributed by atoms with E-state index in [0.29, 0.717) is 24.9 Å². The number of amides is 1. The molecule has 2 atom stereocenters. The summed E-state index contributed by atoms with van der Waals surface area (Å²) in [5.74, 6) is -0.488. The molecule has 3 rings (SSSR count). The highest BCUT2D eigenvalue weighted by molar-refractivity contribution is 5.92. The van der Waals surface area contributed by atoms with Crippen molar-refractivity contribution in [2.75, 3.05) is 13.1 Å². The Hall–Kier alpha value is -2.76. The maximum absolute atomic E-state index is 12.7. The molecule has 1 aliphatic rings. The van der Waals surface area contributed by atoms with Crippen LogP contribution in [-0.2, 0) is 0 Å². The molecule has 1 aromatic heterocycles. The molecule has 1 aromatic carbocycles. The lowest BCUT2D eigenvalue weighted by Gasteiger charge is -2.38. The standard InChI is InChI=1S/C19H21N3O3/c1-2-13-12-22(9-8-15(13)14-6-4-3-5-7-14)18(23)16-10-21-17(11-20-16)19(24)25/h3-7,10-11,13,15H,2,8-9,12H2,1H3,(H,24,25). The lowest BCUT2D eigenvalue weighted by Crippen LogP contribution is -2.43. The summed E-state index contributed by atoms with van der Waals surface area (Å²) in [7, 11) is 0. The smallest absolute Gasteiger partial charge is 0.356 e. The summed E-state index contributed by atoms with van der Waals surface area (Å²) in [5.41, 5.74) is 1.36. The van der Waals surface area contributed by atoms with E-state index in [1.807, 2.05) is 6.07 Å². The first-order valence-corrected chi connectivity index (χ1v) is 8.49. The Labute approximate surface area is 146 Å². The van der Waals surface area contributed by atoms with Crippen LogP contribution in [0.2, 0.25) is 0 Å². The monoisotopic (exact) mass is 339 g/mol. The Kier molecular flexibility index (Phi) is 5.07. The van der Waals surface area contributed by atoms with E-state index < -0.39 is 5.97 Å². The van der Waals surface area contributed by atoms with Crippen LogP contribution in [0, 0.1) is 5.92 Å². The normalized spacial score (nSPS) is 20.3. The zero-order valence-corrected chi connectivity index (χ0v) is 14.1. The average Bonchev–Trinajstić information content (AvgIpc) is 2.67. The zero-order valence-electron chi connectivity index (χ0n) is 14.1. The summed E-state index contributed by atoms with van der Waals surface area (Å²) in [6, 6.07) is 10.4. The minimum absolute atomic E-state index is 0.161. The lowest BCUT2D eigenvalue weighted by molar-refractivity contribution is 0.0634. The Bertz CT molecular complexity index is 746. The number of carbonyl (C=O) groups excluding carboxylic acids is 1. The van der Waals surface area contributed by atoms with Gasteiger partial charge in [0, 0.05) is 13.1 Å². The van der Waals surface area contributed by atoms with Crippen LogP contribution in [0.4, 0.5) is 0 Å². The summed E-state index contributed by atoms with van der Waals surface area (Å²) >= 11 is 0. The highest BCUT2D eigenvalue weighted by atomic mass is 16.4. The highest BCUT2D eigenvalue weighted by Crippen LogP contribution is 2.35. The van der Waals surface area contributed by atoms with Crippen LogP contribution in [0.15, 0.2) is 42.7 Å². The fraction of sp³-hybridized carbons (Fsp3) is 0.368. The van der Waals surface area contributed by atoms with Crippen LogP contribution < -0.4 is 0 Å². The second kappa shape index (κ2) is 7.42. The van der Waals surface area contributed by atoms with E-state index in [0.717, 1.165) is 19.0 Å². The number of hydrogen-bond donors (Lipinski definition) is 1. The van der Waals surface area contributed by atoms with Gasteiger partial charge in [-0.05, 0) is 23.8 Å². The van der Waals surface area contributed by atoms with Crippen LogP contribution in [0.5, 0.6) is 0 Å². The summed E-state index contributed by atoms with van der Waals surface area (Å²) < 4.78 is 0. The predicted octanol–water partition coefficient (Wildman–Crippen LogP) is 2.83. The Morgan fingerprint density at radius 1 is 1.16 bits per heavy atom. The van der Waals surface area contributed by atoms with Gasteiger partial charge in [0.05, 0.1) is 12.4 Å². The van der Waals surface area contributed by atoms with E-state index in [2.05, 4.69) is 41.2 Å². The van der Waals surface area contributed by atoms with Crippen LogP contribution >= 0.6 is 0 Å². The molecule has 1 aliphatic heterocycles. The Morgan fingerprint density at radius 2 is 1.84 bits per heavy atom. The first-order valence-electron chi connectivity index (χ1n) is 8.49. The molecule has 25 heavy (non-hydrogen) atoms. The zero-order chi connectivity index (χ0) is 17.8. The molecular formula is C19H21N3O3. The molecule has 6 heteroatoms. The van der Waals surface area contributed by atoms with Crippen LogP contribution in [0.3, 0.4) is 0 Å². The largest absolute Gasteiger partial charge is 0.476 e. The molecule has 1 saturated heterocycles. The van der Waals surface area contributed by atoms with Gasteiger partial charge < -0.3 is 10.0 Å². The van der Waals surface area contributed by atoms with Gasteiger partial charge >= 0.3 is 5.97 Å². The van der Waals surface area contributed by atoms with Gasteiger partial charge in [0.2, 0.25) is 0 Å². The molecule has 130 valence electrons. The Morgan fingerprint density at radius 3 is 2.44 bits per heavy atom. The molecular weight excluding hydrogens is 318 g/mol. The summed E-state index contributed by atoms with van der Waals surface area (Å²) in [4.78, 5) is 33.1. The number of carbonyl (C=O) groups is 2. The van der Waals surface area contributed by atoms with Crippen molar-refractivity contribution in [3.8, 4) is 0 Å². The van der Waals surface area contributed by atoms with Crippen LogP contribution in [0.1, 0.15) is 52.2 Å². The third kappa shape index (κ3) is 3.68. The fourth-order valence-corrected chi connectivity index (χ4v) is 3.48. The molecule has 6 nitrogen and oxygen atoms in total. The fourth-order valence-electron chi connectivity index (χ4n) is 3.48. The molecule has 0 aliphatic carbocycles. The summed E-state index contributed by atoms with van der Waals surface area (Å²) in [6.07, 6.45) is 4.28. The van der Waals surface area contributed by atoms with Gasteiger partial charge in [-0.15, -0.1) is 0 Å². The molecule has 1 N–H and O–H groups in total. The summed E-state index contributed by atoms with van der Waals surface area (Å²) in [6.45, 7) is 3.49. The summed E-state index contributed by atoms with van der Waals surface area (Å²) in [5, 5.41) is 8.87. The van der Waals surface area contributed by atoms with E-state index in [1.165, 1.54) is 11.8 Å². The van der Waals surface area contributed by atoms with Crippen molar-refractivity contribution in [1.29, 1.82) is 0 Å². The number of nitrogens with zero attached hydrogens (tertiary/aromatic N) is 3. The van der Waals surface area contributed by atoms with Gasteiger partial charge in [-0.25, -0.2) is 14.8 Å². The molecule has 2 aromatic rings. The van der Waals surface area contributed by atoms with Crippen LogP contribution in [0.25, 0.3) is 0 Å². The molecule has 0 saturated carbocycles. The molecule has 2 unspecified atom stereocenters. The molecule has 0 radical (unpaired) electrons. The average molecular weight is 339 g/mol. The number of carboxylic acid groups (broad SMARTS) is 1. The van der Waals surface area contributed by atoms with Gasteiger partial charge in [-0.3, -0.25) is 4.79 Å². The molecule has 0 spiro atoms. The first-order chi connectivity index (χ1) is 12.1. The minimum atomic E-state index is -1.15. The molecule has 1 amide bonds. The van der Waals surface area contributed by atoms with Gasteiger partial charge in [0.15, 0.2) is 5.69 Å². The number of hydrogen-bond acceptors (Lipinski definition) is 4. The second-order valence-corrected chi connectivity index (χ2v) is 6.32. The molecule has 0 bridgehead atoms. The number of rotatable bonds is 4. The van der Waals surface area contributed by atoms with E-state index >= 15 is 0 Å². The van der Waals surface area contributed by atoms with Gasteiger partial charge in [0.1, 0.15) is 5.69 Å². The third-order valence-electron chi connectivity index (χ3n) is 4.86. The van der Waals surface area contributed by atoms with Crippen molar-refractivity contribution in [3.63, 3.8) is 0 Å². The van der Waals surface area contributed by atoms with Crippen molar-refractivity contribution in [3.05, 3.63) is 59.7 Å². The maximum Gasteiger partial charge on any atom is 0.356 e. The van der Waals surface area contributed by atoms with Gasteiger partial charge in [-0.1, -0.05) is 43.7 Å².